The number of hydrogen-bond acceptors (Lipinski definition) is 8. The average molecular weight is 828 g/mol. The first-order chi connectivity index (χ1) is 28.8. The Bertz CT molecular complexity index is 1190. The summed E-state index contributed by atoms with van der Waals surface area (Å²) in [6, 6.07) is -0.836. The van der Waals surface area contributed by atoms with E-state index in [4.69, 9.17) is 9.47 Å². The normalized spacial score (nSPS) is 21.5. The van der Waals surface area contributed by atoms with Crippen molar-refractivity contribution in [2.24, 2.45) is 0 Å². The lowest BCUT2D eigenvalue weighted by Gasteiger charge is -2.40. The summed E-state index contributed by atoms with van der Waals surface area (Å²) in [7, 11) is 0. The number of unbranched alkanes of at least 4 members (excludes halogenated alkanes) is 15. The SMILES string of the molecule is CC/C=C\C/C=C\C/C=C\C/C=C\C/C=C\CCCCCCCC(=O)NC(COC1OC(CO)C(O)C(O)C1O)C(O)/C=C/CC/C=C/CCCCCCCCCCC. The molecule has 0 aromatic rings. The van der Waals surface area contributed by atoms with Crippen molar-refractivity contribution >= 4 is 5.91 Å². The fraction of sp³-hybridized carbons (Fsp3) is 0.700. The van der Waals surface area contributed by atoms with Gasteiger partial charge < -0.3 is 40.3 Å². The molecule has 9 nitrogen and oxygen atoms in total. The fourth-order valence-electron chi connectivity index (χ4n) is 6.73. The second kappa shape index (κ2) is 39.5. The van der Waals surface area contributed by atoms with Gasteiger partial charge >= 0.3 is 0 Å². The van der Waals surface area contributed by atoms with Crippen molar-refractivity contribution in [3.05, 3.63) is 85.1 Å². The Morgan fingerprint density at radius 2 is 1.07 bits per heavy atom. The third kappa shape index (κ3) is 30.1. The number of ether oxygens (including phenoxy) is 2. The summed E-state index contributed by atoms with van der Waals surface area (Å²) < 4.78 is 11.2. The van der Waals surface area contributed by atoms with E-state index >= 15 is 0 Å². The van der Waals surface area contributed by atoms with E-state index in [9.17, 15) is 30.3 Å². The molecular formula is C50H85NO8. The summed E-state index contributed by atoms with van der Waals surface area (Å²) >= 11 is 0. The Labute approximate surface area is 359 Å². The molecule has 0 spiro atoms. The predicted molar refractivity (Wildman–Crippen MR) is 244 cm³/mol. The summed E-state index contributed by atoms with van der Waals surface area (Å²) in [5.41, 5.74) is 0. The van der Waals surface area contributed by atoms with Crippen LogP contribution in [0.4, 0.5) is 0 Å². The van der Waals surface area contributed by atoms with Crippen molar-refractivity contribution in [1.82, 2.24) is 5.32 Å². The third-order valence-corrected chi connectivity index (χ3v) is 10.5. The second-order valence-corrected chi connectivity index (χ2v) is 15.8. The van der Waals surface area contributed by atoms with Crippen molar-refractivity contribution in [1.29, 1.82) is 0 Å². The van der Waals surface area contributed by atoms with Gasteiger partial charge in [-0.25, -0.2) is 0 Å². The molecule has 7 atom stereocenters. The highest BCUT2D eigenvalue weighted by Gasteiger charge is 2.44. The van der Waals surface area contributed by atoms with Gasteiger partial charge in [0.2, 0.25) is 5.91 Å². The molecule has 1 heterocycles. The molecule has 1 aliphatic rings. The van der Waals surface area contributed by atoms with Gasteiger partial charge in [0.15, 0.2) is 6.29 Å². The predicted octanol–water partition coefficient (Wildman–Crippen LogP) is 9.94. The minimum atomic E-state index is -1.58. The van der Waals surface area contributed by atoms with E-state index in [1.54, 1.807) is 6.08 Å². The van der Waals surface area contributed by atoms with E-state index < -0.39 is 49.5 Å². The molecule has 0 aliphatic carbocycles. The quantitative estimate of drug-likeness (QED) is 0.0268. The number of carbonyl (C=O) groups excluding carboxylic acids is 1. The lowest BCUT2D eigenvalue weighted by molar-refractivity contribution is -0.302. The van der Waals surface area contributed by atoms with E-state index in [-0.39, 0.29) is 12.5 Å². The molecule has 9 heteroatoms. The van der Waals surface area contributed by atoms with Crippen molar-refractivity contribution in [3.63, 3.8) is 0 Å². The van der Waals surface area contributed by atoms with E-state index in [1.807, 2.05) is 6.08 Å². The monoisotopic (exact) mass is 828 g/mol. The Balaban J connectivity index is 2.39. The zero-order valence-corrected chi connectivity index (χ0v) is 37.0. The average Bonchev–Trinajstić information content (AvgIpc) is 3.23. The Kier molecular flexibility index (Phi) is 36.4. The van der Waals surface area contributed by atoms with Crippen LogP contribution in [0.25, 0.3) is 0 Å². The highest BCUT2D eigenvalue weighted by atomic mass is 16.7. The lowest BCUT2D eigenvalue weighted by Crippen LogP contribution is -2.60. The summed E-state index contributed by atoms with van der Waals surface area (Å²) in [6.45, 7) is 3.61. The summed E-state index contributed by atoms with van der Waals surface area (Å²) in [5.74, 6) is -0.210. The van der Waals surface area contributed by atoms with Crippen LogP contribution >= 0.6 is 0 Å². The molecule has 0 saturated carbocycles. The second-order valence-electron chi connectivity index (χ2n) is 15.8. The molecule has 338 valence electrons. The maximum atomic E-state index is 13.0. The molecule has 1 saturated heterocycles. The van der Waals surface area contributed by atoms with Crippen molar-refractivity contribution in [2.45, 2.75) is 211 Å². The van der Waals surface area contributed by atoms with Crippen LogP contribution in [0.1, 0.15) is 168 Å². The number of aliphatic hydroxyl groups excluding tert-OH is 5. The van der Waals surface area contributed by atoms with E-state index in [2.05, 4.69) is 92.1 Å². The minimum absolute atomic E-state index is 0.210. The Hall–Kier alpha value is -2.63. The molecule has 1 aliphatic heterocycles. The highest BCUT2D eigenvalue weighted by Crippen LogP contribution is 2.22. The number of amides is 1. The van der Waals surface area contributed by atoms with Crippen LogP contribution in [-0.2, 0) is 14.3 Å². The fourth-order valence-corrected chi connectivity index (χ4v) is 6.73. The molecule has 6 N–H and O–H groups in total. The van der Waals surface area contributed by atoms with Crippen LogP contribution < -0.4 is 5.32 Å². The molecule has 0 aromatic carbocycles. The first kappa shape index (κ1) is 54.4. The molecule has 7 unspecified atom stereocenters. The number of allylic oxidation sites excluding steroid dienone is 13. The van der Waals surface area contributed by atoms with Crippen LogP contribution in [0.5, 0.6) is 0 Å². The summed E-state index contributed by atoms with van der Waals surface area (Å²) in [6.07, 6.45) is 47.6. The van der Waals surface area contributed by atoms with Gasteiger partial charge in [0.05, 0.1) is 25.4 Å². The van der Waals surface area contributed by atoms with Crippen LogP contribution in [0, 0.1) is 0 Å². The zero-order valence-electron chi connectivity index (χ0n) is 37.0. The number of rotatable bonds is 37. The molecule has 59 heavy (non-hydrogen) atoms. The Morgan fingerprint density at radius 1 is 0.593 bits per heavy atom. The van der Waals surface area contributed by atoms with Crippen LogP contribution in [0.3, 0.4) is 0 Å². The van der Waals surface area contributed by atoms with E-state index in [0.717, 1.165) is 89.9 Å². The lowest BCUT2D eigenvalue weighted by atomic mass is 9.99. The van der Waals surface area contributed by atoms with Gasteiger partial charge in [-0.1, -0.05) is 170 Å². The van der Waals surface area contributed by atoms with Gasteiger partial charge in [-0.2, -0.15) is 0 Å². The largest absolute Gasteiger partial charge is 0.394 e. The van der Waals surface area contributed by atoms with Crippen LogP contribution in [0.2, 0.25) is 0 Å². The van der Waals surface area contributed by atoms with Crippen molar-refractivity contribution in [3.8, 4) is 0 Å². The standard InChI is InChI=1S/C50H85NO8/c1-3-5-7-9-11-13-15-17-19-20-21-22-23-24-26-28-30-32-34-36-38-40-46(54)51-43(42-58-50-49(57)48(56)47(55)45(41-52)59-50)44(53)39-37-35-33-31-29-27-25-18-16-14-12-10-8-6-4-2/h5,7,11,13,17,19,21-22,24,26,29,31,37,39,43-45,47-50,52-53,55-57H,3-4,6,8-10,12,14-16,18,20,23,25,27-28,30,32-36,38,40-42H2,1-2H3,(H,51,54)/b7-5-,13-11-,19-17-,22-21-,26-24-,31-29+,39-37+. The number of aliphatic hydroxyl groups is 5. The van der Waals surface area contributed by atoms with Gasteiger partial charge in [0.1, 0.15) is 24.4 Å². The zero-order chi connectivity index (χ0) is 43.0. The molecule has 1 amide bonds. The number of nitrogens with one attached hydrogen (secondary N) is 1. The minimum Gasteiger partial charge on any atom is -0.394 e. The maximum absolute atomic E-state index is 13.0. The highest BCUT2D eigenvalue weighted by molar-refractivity contribution is 5.76. The van der Waals surface area contributed by atoms with E-state index in [0.29, 0.717) is 6.42 Å². The van der Waals surface area contributed by atoms with Gasteiger partial charge in [-0.05, 0) is 77.0 Å². The third-order valence-electron chi connectivity index (χ3n) is 10.5. The molecule has 0 bridgehead atoms. The summed E-state index contributed by atoms with van der Waals surface area (Å²) in [4.78, 5) is 13.0. The molecule has 1 rings (SSSR count). The smallest absolute Gasteiger partial charge is 0.220 e. The molecule has 0 radical (unpaired) electrons. The topological polar surface area (TPSA) is 149 Å². The van der Waals surface area contributed by atoms with Gasteiger partial charge in [0.25, 0.3) is 0 Å². The maximum Gasteiger partial charge on any atom is 0.220 e. The van der Waals surface area contributed by atoms with Crippen molar-refractivity contribution in [2.75, 3.05) is 13.2 Å². The van der Waals surface area contributed by atoms with Gasteiger partial charge in [0, 0.05) is 6.42 Å². The Morgan fingerprint density at radius 3 is 1.63 bits per heavy atom. The molecular weight excluding hydrogens is 743 g/mol. The van der Waals surface area contributed by atoms with Gasteiger partial charge in [-0.15, -0.1) is 0 Å². The summed E-state index contributed by atoms with van der Waals surface area (Å²) in [5, 5.41) is 54.2. The first-order valence-corrected chi connectivity index (χ1v) is 23.3. The van der Waals surface area contributed by atoms with Crippen molar-refractivity contribution < 1.29 is 39.8 Å². The van der Waals surface area contributed by atoms with Crippen LogP contribution in [0.15, 0.2) is 85.1 Å². The van der Waals surface area contributed by atoms with E-state index in [1.165, 1.54) is 57.8 Å². The number of carbonyl (C=O) groups is 1. The van der Waals surface area contributed by atoms with Crippen LogP contribution in [-0.4, -0.2) is 87.5 Å². The number of hydrogen-bond donors (Lipinski definition) is 6. The molecule has 1 fully saturated rings. The first-order valence-electron chi connectivity index (χ1n) is 23.3. The van der Waals surface area contributed by atoms with Gasteiger partial charge in [-0.3, -0.25) is 4.79 Å². The molecule has 0 aromatic heterocycles.